The molecule has 2 rings (SSSR count). The van der Waals surface area contributed by atoms with Crippen LogP contribution in [0.15, 0.2) is 0 Å². The Hall–Kier alpha value is -0.193. The minimum absolute atomic E-state index is 0.0372. The topological polar surface area (TPSA) is 46.5 Å². The maximum Gasteiger partial charge on any atom is 0.192 e. The fourth-order valence-electron chi connectivity index (χ4n) is 3.77. The molecule has 2 saturated carbocycles. The molecule has 1 N–H and O–H groups in total. The Bertz CT molecular complexity index is 427. The molecule has 0 radical (unpaired) electrons. The molecule has 0 aliphatic heterocycles. The number of fused-ring (bicyclic) bond motifs is 2. The highest BCUT2D eigenvalue weighted by atomic mass is 28.4. The molecule has 2 aliphatic rings. The lowest BCUT2D eigenvalue weighted by Gasteiger charge is -2.50. The molecule has 0 aromatic heterocycles. The second-order valence-electron chi connectivity index (χ2n) is 9.30. The molecule has 0 saturated heterocycles. The van der Waals surface area contributed by atoms with Crippen molar-refractivity contribution < 1.29 is 14.3 Å². The zero-order valence-electron chi connectivity index (χ0n) is 15.2. The van der Waals surface area contributed by atoms with Crippen molar-refractivity contribution in [2.45, 2.75) is 96.6 Å². The first kappa shape index (κ1) is 18.1. The van der Waals surface area contributed by atoms with E-state index in [1.807, 2.05) is 0 Å². The molecule has 0 amide bonds. The standard InChI is InChI=1S/C18H34O3Si/c1-17(2,3)22(5,6)21-16-9-7-8-14(19)13-12-18(16,4)11-10-15(13)20/h13,15-16,20H,7-12H2,1-6H3/t13-,15+,16+,18+/m1/s1. The van der Waals surface area contributed by atoms with Gasteiger partial charge in [-0.25, -0.2) is 0 Å². The first-order valence-electron chi connectivity index (χ1n) is 8.85. The normalized spacial score (nSPS) is 37.6. The van der Waals surface area contributed by atoms with Gasteiger partial charge >= 0.3 is 0 Å². The van der Waals surface area contributed by atoms with E-state index in [1.54, 1.807) is 0 Å². The van der Waals surface area contributed by atoms with Crippen LogP contribution in [0.25, 0.3) is 0 Å². The Labute approximate surface area is 137 Å². The minimum atomic E-state index is -1.82. The van der Waals surface area contributed by atoms with E-state index in [2.05, 4.69) is 40.8 Å². The van der Waals surface area contributed by atoms with Crippen LogP contribution in [0.2, 0.25) is 18.1 Å². The monoisotopic (exact) mass is 326 g/mol. The molecule has 3 nitrogen and oxygen atoms in total. The molecule has 0 aromatic carbocycles. The largest absolute Gasteiger partial charge is 0.413 e. The van der Waals surface area contributed by atoms with Crippen molar-refractivity contribution >= 4 is 14.1 Å². The van der Waals surface area contributed by atoms with Crippen molar-refractivity contribution in [1.82, 2.24) is 0 Å². The number of Topliss-reactive ketones (excluding diaryl/α,β-unsaturated/α-hetero) is 1. The van der Waals surface area contributed by atoms with Crippen LogP contribution in [0, 0.1) is 11.3 Å². The minimum Gasteiger partial charge on any atom is -0.413 e. The fraction of sp³-hybridized carbons (Fsp3) is 0.944. The fourth-order valence-corrected chi connectivity index (χ4v) is 5.24. The zero-order chi connectivity index (χ0) is 16.8. The van der Waals surface area contributed by atoms with Gasteiger partial charge in [0.05, 0.1) is 12.2 Å². The van der Waals surface area contributed by atoms with Gasteiger partial charge in [0.1, 0.15) is 5.78 Å². The molecule has 22 heavy (non-hydrogen) atoms. The Balaban J connectivity index is 2.23. The highest BCUT2D eigenvalue weighted by Crippen LogP contribution is 2.49. The summed E-state index contributed by atoms with van der Waals surface area (Å²) in [6.07, 6.45) is 4.79. The van der Waals surface area contributed by atoms with Crippen molar-refractivity contribution in [3.05, 3.63) is 0 Å². The third-order valence-electron chi connectivity index (χ3n) is 6.49. The van der Waals surface area contributed by atoms with E-state index in [0.717, 1.165) is 32.1 Å². The molecule has 4 heteroatoms. The summed E-state index contributed by atoms with van der Waals surface area (Å²) < 4.78 is 6.78. The van der Waals surface area contributed by atoms with Gasteiger partial charge in [-0.15, -0.1) is 0 Å². The average Bonchev–Trinajstić information content (AvgIpc) is 2.38. The van der Waals surface area contributed by atoms with Crippen molar-refractivity contribution in [1.29, 1.82) is 0 Å². The van der Waals surface area contributed by atoms with E-state index in [9.17, 15) is 9.90 Å². The van der Waals surface area contributed by atoms with Gasteiger partial charge in [-0.05, 0) is 55.7 Å². The summed E-state index contributed by atoms with van der Waals surface area (Å²) in [7, 11) is -1.82. The van der Waals surface area contributed by atoms with Crippen molar-refractivity contribution in [3.63, 3.8) is 0 Å². The second kappa shape index (κ2) is 6.03. The van der Waals surface area contributed by atoms with E-state index in [4.69, 9.17) is 4.43 Å². The lowest BCUT2D eigenvalue weighted by atomic mass is 9.63. The third-order valence-corrected chi connectivity index (χ3v) is 11.0. The van der Waals surface area contributed by atoms with E-state index < -0.39 is 14.4 Å². The Morgan fingerprint density at radius 2 is 1.91 bits per heavy atom. The van der Waals surface area contributed by atoms with Gasteiger partial charge < -0.3 is 9.53 Å². The number of carbonyl (C=O) groups excluding carboxylic acids is 1. The first-order valence-corrected chi connectivity index (χ1v) is 11.8. The van der Waals surface area contributed by atoms with Gasteiger partial charge in [-0.1, -0.05) is 27.7 Å². The number of hydrogen-bond donors (Lipinski definition) is 1. The first-order chi connectivity index (χ1) is 9.96. The van der Waals surface area contributed by atoms with E-state index >= 15 is 0 Å². The van der Waals surface area contributed by atoms with Gasteiger partial charge in [0.15, 0.2) is 8.32 Å². The highest BCUT2D eigenvalue weighted by Gasteiger charge is 2.49. The van der Waals surface area contributed by atoms with Crippen molar-refractivity contribution in [2.24, 2.45) is 11.3 Å². The second-order valence-corrected chi connectivity index (χ2v) is 14.1. The number of ketones is 1. The summed E-state index contributed by atoms with van der Waals surface area (Å²) in [4.78, 5) is 12.3. The molecule has 0 unspecified atom stereocenters. The van der Waals surface area contributed by atoms with Gasteiger partial charge in [-0.2, -0.15) is 0 Å². The van der Waals surface area contributed by atoms with E-state index in [1.165, 1.54) is 0 Å². The summed E-state index contributed by atoms with van der Waals surface area (Å²) in [5.74, 6) is 0.105. The van der Waals surface area contributed by atoms with Gasteiger partial charge in [0, 0.05) is 12.3 Å². The van der Waals surface area contributed by atoms with Gasteiger partial charge in [-0.3, -0.25) is 4.79 Å². The molecule has 0 heterocycles. The summed E-state index contributed by atoms with van der Waals surface area (Å²) in [5.41, 5.74) is 0.0372. The van der Waals surface area contributed by atoms with E-state index in [-0.39, 0.29) is 28.3 Å². The average molecular weight is 327 g/mol. The van der Waals surface area contributed by atoms with E-state index in [0.29, 0.717) is 6.42 Å². The lowest BCUT2D eigenvalue weighted by Crippen LogP contribution is -2.52. The molecule has 2 aliphatic carbocycles. The van der Waals surface area contributed by atoms with Crippen LogP contribution < -0.4 is 0 Å². The van der Waals surface area contributed by atoms with Crippen molar-refractivity contribution in [3.8, 4) is 0 Å². The van der Waals surface area contributed by atoms with Crippen LogP contribution in [0.5, 0.6) is 0 Å². The van der Waals surface area contributed by atoms with Gasteiger partial charge in [0.25, 0.3) is 0 Å². The molecular weight excluding hydrogens is 292 g/mol. The Morgan fingerprint density at radius 1 is 1.27 bits per heavy atom. The number of aliphatic hydroxyl groups excluding tert-OH is 1. The summed E-state index contributed by atoms with van der Waals surface area (Å²) in [6.45, 7) is 13.7. The maximum absolute atomic E-state index is 12.3. The molecular formula is C18H34O3Si. The van der Waals surface area contributed by atoms with Crippen LogP contribution in [0.1, 0.15) is 66.2 Å². The molecule has 0 spiro atoms. The SMILES string of the molecule is CC(C)(C)[Si](C)(C)O[C@H]1CCCC(=O)[C@H]2C[C@]1(C)CC[C@@H]2O. The highest BCUT2D eigenvalue weighted by molar-refractivity contribution is 6.74. The number of carbonyl (C=O) groups is 1. The Morgan fingerprint density at radius 3 is 2.50 bits per heavy atom. The van der Waals surface area contributed by atoms with Crippen LogP contribution >= 0.6 is 0 Å². The maximum atomic E-state index is 12.3. The number of rotatable bonds is 2. The van der Waals surface area contributed by atoms with Crippen LogP contribution in [0.4, 0.5) is 0 Å². The number of hydrogen-bond acceptors (Lipinski definition) is 3. The molecule has 0 aromatic rings. The van der Waals surface area contributed by atoms with Crippen molar-refractivity contribution in [2.75, 3.05) is 0 Å². The summed E-state index contributed by atoms with van der Waals surface area (Å²) >= 11 is 0. The van der Waals surface area contributed by atoms with Crippen LogP contribution in [-0.2, 0) is 9.22 Å². The summed E-state index contributed by atoms with van der Waals surface area (Å²) in [5, 5.41) is 10.4. The van der Waals surface area contributed by atoms with Crippen LogP contribution in [0.3, 0.4) is 0 Å². The smallest absolute Gasteiger partial charge is 0.192 e. The van der Waals surface area contributed by atoms with Gasteiger partial charge in [0.2, 0.25) is 0 Å². The molecule has 128 valence electrons. The summed E-state index contributed by atoms with van der Waals surface area (Å²) in [6, 6.07) is 0. The third kappa shape index (κ3) is 3.49. The predicted octanol–water partition coefficient (Wildman–Crippen LogP) is 4.30. The Kier molecular flexibility index (Phi) is 4.97. The predicted molar refractivity (Wildman–Crippen MR) is 92.4 cm³/mol. The lowest BCUT2D eigenvalue weighted by molar-refractivity contribution is -0.136. The zero-order valence-corrected chi connectivity index (χ0v) is 16.2. The molecule has 2 fully saturated rings. The number of aliphatic hydroxyl groups is 1. The van der Waals surface area contributed by atoms with Crippen LogP contribution in [-0.4, -0.2) is 31.4 Å². The molecule has 4 atom stereocenters. The quantitative estimate of drug-likeness (QED) is 0.770. The molecule has 2 bridgehead atoms.